The first-order valence-corrected chi connectivity index (χ1v) is 3.96. The van der Waals surface area contributed by atoms with E-state index in [-0.39, 0.29) is 11.1 Å². The predicted molar refractivity (Wildman–Crippen MR) is 61.2 cm³/mol. The van der Waals surface area contributed by atoms with E-state index in [4.69, 9.17) is 20.4 Å². The van der Waals surface area contributed by atoms with E-state index >= 15 is 0 Å². The molecule has 0 saturated heterocycles. The van der Waals surface area contributed by atoms with E-state index in [0.29, 0.717) is 0 Å². The Bertz CT molecular complexity index is 171. The summed E-state index contributed by atoms with van der Waals surface area (Å²) in [5.41, 5.74) is 0.352. The zero-order valence-electron chi connectivity index (χ0n) is 10.0. The standard InChI is InChI=1S/2C4H6O2.2CH4O/c2*1-3(2)4(5)6;2*1-2/h2*1H2,2H3,(H,5,6);2*2H,1H3. The molecule has 4 N–H and O–H groups in total. The largest absolute Gasteiger partial charge is 0.478 e. The van der Waals surface area contributed by atoms with E-state index in [9.17, 15) is 9.59 Å². The number of aliphatic hydroxyl groups is 2. The lowest BCUT2D eigenvalue weighted by Crippen LogP contribution is -1.92. The lowest BCUT2D eigenvalue weighted by Gasteiger charge is -1.79. The van der Waals surface area contributed by atoms with Gasteiger partial charge in [0.1, 0.15) is 0 Å². The van der Waals surface area contributed by atoms with Crippen molar-refractivity contribution in [2.75, 3.05) is 14.2 Å². The molecule has 6 nitrogen and oxygen atoms in total. The van der Waals surface area contributed by atoms with E-state index in [1.54, 1.807) is 0 Å². The first kappa shape index (κ1) is 23.9. The molecule has 0 fully saturated rings. The van der Waals surface area contributed by atoms with Gasteiger partial charge in [0.2, 0.25) is 0 Å². The summed E-state index contributed by atoms with van der Waals surface area (Å²) in [6.45, 7) is 9.20. The number of aliphatic carboxylic acids is 2. The molecule has 0 saturated carbocycles. The van der Waals surface area contributed by atoms with Gasteiger partial charge >= 0.3 is 11.9 Å². The summed E-state index contributed by atoms with van der Waals surface area (Å²) in [6.07, 6.45) is 0. The zero-order valence-corrected chi connectivity index (χ0v) is 10.0. The average molecular weight is 236 g/mol. The van der Waals surface area contributed by atoms with Crippen molar-refractivity contribution < 1.29 is 30.0 Å². The van der Waals surface area contributed by atoms with Crippen LogP contribution in [0.2, 0.25) is 0 Å². The fourth-order valence-corrected chi connectivity index (χ4v) is 0. The maximum Gasteiger partial charge on any atom is 0.330 e. The van der Waals surface area contributed by atoms with Gasteiger partial charge in [-0.1, -0.05) is 13.2 Å². The molecule has 0 aromatic carbocycles. The molecule has 16 heavy (non-hydrogen) atoms. The van der Waals surface area contributed by atoms with Crippen LogP contribution in [0.3, 0.4) is 0 Å². The number of hydrogen-bond donors (Lipinski definition) is 4. The van der Waals surface area contributed by atoms with Crippen LogP contribution < -0.4 is 0 Å². The first-order chi connectivity index (χ1) is 7.29. The van der Waals surface area contributed by atoms with Gasteiger partial charge in [0.05, 0.1) is 0 Å². The van der Waals surface area contributed by atoms with Crippen LogP contribution in [0.15, 0.2) is 24.3 Å². The Kier molecular flexibility index (Phi) is 28.3. The van der Waals surface area contributed by atoms with E-state index in [2.05, 4.69) is 13.2 Å². The first-order valence-electron chi connectivity index (χ1n) is 3.96. The molecule has 0 spiro atoms. The summed E-state index contributed by atoms with van der Waals surface area (Å²) >= 11 is 0. The highest BCUT2D eigenvalue weighted by atomic mass is 16.4. The number of aliphatic hydroxyl groups excluding tert-OH is 2. The fourth-order valence-electron chi connectivity index (χ4n) is 0. The minimum atomic E-state index is -0.935. The van der Waals surface area contributed by atoms with Crippen LogP contribution in [0.1, 0.15) is 13.8 Å². The van der Waals surface area contributed by atoms with Crippen LogP contribution in [0.5, 0.6) is 0 Å². The molecule has 0 aromatic rings. The minimum absolute atomic E-state index is 0.176. The zero-order chi connectivity index (χ0) is 14.3. The highest BCUT2D eigenvalue weighted by Gasteiger charge is 1.90. The van der Waals surface area contributed by atoms with Crippen LogP contribution in [-0.4, -0.2) is 46.6 Å². The number of carboxylic acid groups (broad SMARTS) is 2. The Hall–Kier alpha value is -1.66. The number of carboxylic acids is 2. The molecule has 0 bridgehead atoms. The molecule has 0 aliphatic carbocycles. The SMILES string of the molecule is C=C(C)C(=O)O.C=C(C)C(=O)O.CO.CO. The molecule has 0 radical (unpaired) electrons. The van der Waals surface area contributed by atoms with E-state index in [1.807, 2.05) is 0 Å². The van der Waals surface area contributed by atoms with Gasteiger partial charge in [-0.05, 0) is 13.8 Å². The molecule has 96 valence electrons. The Morgan fingerprint density at radius 2 is 0.812 bits per heavy atom. The summed E-state index contributed by atoms with van der Waals surface area (Å²) in [6, 6.07) is 0. The van der Waals surface area contributed by atoms with E-state index in [1.165, 1.54) is 13.8 Å². The normalized spacial score (nSPS) is 6.38. The molecule has 0 atom stereocenters. The Morgan fingerprint density at radius 3 is 0.812 bits per heavy atom. The third kappa shape index (κ3) is 39.5. The predicted octanol–water partition coefficient (Wildman–Crippen LogP) is 0.511. The van der Waals surface area contributed by atoms with Gasteiger partial charge in [-0.2, -0.15) is 0 Å². The van der Waals surface area contributed by atoms with E-state index in [0.717, 1.165) is 14.2 Å². The second kappa shape index (κ2) is 19.0. The molecular formula is C10H20O6. The third-order valence-electron chi connectivity index (χ3n) is 0.730. The van der Waals surface area contributed by atoms with E-state index < -0.39 is 11.9 Å². The van der Waals surface area contributed by atoms with Gasteiger partial charge in [-0.25, -0.2) is 9.59 Å². The topological polar surface area (TPSA) is 115 Å². The molecule has 6 heteroatoms. The van der Waals surface area contributed by atoms with Crippen molar-refractivity contribution >= 4 is 11.9 Å². The molecule has 0 amide bonds. The smallest absolute Gasteiger partial charge is 0.330 e. The molecule has 0 aliphatic rings. The molecule has 0 rings (SSSR count). The molecular weight excluding hydrogens is 216 g/mol. The van der Waals surface area contributed by atoms with Crippen molar-refractivity contribution in [2.24, 2.45) is 0 Å². The molecule has 0 aromatic heterocycles. The Labute approximate surface area is 95.2 Å². The number of rotatable bonds is 2. The van der Waals surface area contributed by atoms with Crippen LogP contribution in [-0.2, 0) is 9.59 Å². The summed E-state index contributed by atoms with van der Waals surface area (Å²) < 4.78 is 0. The summed E-state index contributed by atoms with van der Waals surface area (Å²) in [7, 11) is 2.00. The number of carbonyl (C=O) groups is 2. The van der Waals surface area contributed by atoms with Crippen molar-refractivity contribution in [1.82, 2.24) is 0 Å². The second-order valence-electron chi connectivity index (χ2n) is 2.17. The summed E-state index contributed by atoms with van der Waals surface area (Å²) in [5, 5.41) is 29.8. The summed E-state index contributed by atoms with van der Waals surface area (Å²) in [5.74, 6) is -1.87. The second-order valence-corrected chi connectivity index (χ2v) is 2.17. The van der Waals surface area contributed by atoms with Crippen molar-refractivity contribution in [3.63, 3.8) is 0 Å². The highest BCUT2D eigenvalue weighted by molar-refractivity contribution is 5.85. The maximum absolute atomic E-state index is 9.60. The van der Waals surface area contributed by atoms with Crippen molar-refractivity contribution in [1.29, 1.82) is 0 Å². The lowest BCUT2D eigenvalue weighted by molar-refractivity contribution is -0.133. The fraction of sp³-hybridized carbons (Fsp3) is 0.400. The number of hydrogen-bond acceptors (Lipinski definition) is 4. The van der Waals surface area contributed by atoms with Crippen molar-refractivity contribution in [3.8, 4) is 0 Å². The maximum atomic E-state index is 9.60. The summed E-state index contributed by atoms with van der Waals surface area (Å²) in [4.78, 5) is 19.2. The van der Waals surface area contributed by atoms with Crippen LogP contribution in [0.25, 0.3) is 0 Å². The van der Waals surface area contributed by atoms with Crippen molar-refractivity contribution in [3.05, 3.63) is 24.3 Å². The van der Waals surface area contributed by atoms with Crippen LogP contribution in [0, 0.1) is 0 Å². The third-order valence-corrected chi connectivity index (χ3v) is 0.730. The minimum Gasteiger partial charge on any atom is -0.478 e. The average Bonchev–Trinajstić information content (AvgIpc) is 2.24. The van der Waals surface area contributed by atoms with Crippen LogP contribution in [0.4, 0.5) is 0 Å². The lowest BCUT2D eigenvalue weighted by atomic mass is 10.4. The van der Waals surface area contributed by atoms with Crippen molar-refractivity contribution in [2.45, 2.75) is 13.8 Å². The molecule has 0 unspecified atom stereocenters. The van der Waals surface area contributed by atoms with Gasteiger partial charge in [0.15, 0.2) is 0 Å². The highest BCUT2D eigenvalue weighted by Crippen LogP contribution is 1.81. The monoisotopic (exact) mass is 236 g/mol. The molecule has 0 heterocycles. The quantitative estimate of drug-likeness (QED) is 0.519. The van der Waals surface area contributed by atoms with Gasteiger partial charge in [-0.3, -0.25) is 0 Å². The van der Waals surface area contributed by atoms with Gasteiger partial charge in [0.25, 0.3) is 0 Å². The van der Waals surface area contributed by atoms with Crippen LogP contribution >= 0.6 is 0 Å². The van der Waals surface area contributed by atoms with Gasteiger partial charge in [-0.15, -0.1) is 0 Å². The van der Waals surface area contributed by atoms with Gasteiger partial charge < -0.3 is 20.4 Å². The van der Waals surface area contributed by atoms with Gasteiger partial charge in [0, 0.05) is 25.4 Å². The molecule has 0 aliphatic heterocycles. The Morgan fingerprint density at radius 1 is 0.750 bits per heavy atom. The Balaban J connectivity index is -0.0000000686.